The Morgan fingerprint density at radius 1 is 0.862 bits per heavy atom. The lowest BCUT2D eigenvalue weighted by molar-refractivity contribution is -0.141. The summed E-state index contributed by atoms with van der Waals surface area (Å²) < 4.78 is 4.91. The topological polar surface area (TPSA) is 58.9 Å². The number of nitrogens with zero attached hydrogens (tertiary/aromatic N) is 1. The Morgan fingerprint density at radius 2 is 1.38 bits per heavy atom. The normalized spacial score (nSPS) is 11.7. The highest BCUT2D eigenvalue weighted by molar-refractivity contribution is 6.13. The van der Waals surface area contributed by atoms with Crippen LogP contribution in [0.15, 0.2) is 65.7 Å². The quantitative estimate of drug-likeness (QED) is 0.289. The van der Waals surface area contributed by atoms with Gasteiger partial charge in [-0.25, -0.2) is 0 Å². The molecule has 0 aliphatic rings. The van der Waals surface area contributed by atoms with Gasteiger partial charge in [-0.15, -0.1) is 0 Å². The van der Waals surface area contributed by atoms with Crippen molar-refractivity contribution in [2.45, 2.75) is 57.4 Å². The summed E-state index contributed by atoms with van der Waals surface area (Å²) in [4.78, 5) is 17.0. The number of esters is 1. The molecular weight excluding hydrogens is 362 g/mol. The van der Waals surface area contributed by atoms with Gasteiger partial charge in [-0.05, 0) is 12.8 Å². The smallest absolute Gasteiger partial charge is 0.307 e. The second-order valence-corrected chi connectivity index (χ2v) is 7.28. The van der Waals surface area contributed by atoms with Crippen molar-refractivity contribution < 1.29 is 14.6 Å². The Labute approximate surface area is 174 Å². The van der Waals surface area contributed by atoms with Gasteiger partial charge in [0.1, 0.15) is 0 Å². The van der Waals surface area contributed by atoms with Crippen LogP contribution in [0.2, 0.25) is 0 Å². The first-order valence-electron chi connectivity index (χ1n) is 10.6. The Bertz CT molecular complexity index is 687. The maximum Gasteiger partial charge on any atom is 0.307 e. The van der Waals surface area contributed by atoms with Gasteiger partial charge in [0.05, 0.1) is 25.3 Å². The summed E-state index contributed by atoms with van der Waals surface area (Å²) in [5, 5.41) is 8.86. The molecule has 0 amide bonds. The van der Waals surface area contributed by atoms with E-state index in [-0.39, 0.29) is 18.6 Å². The molecule has 0 fully saturated rings. The maximum atomic E-state index is 12.0. The minimum atomic E-state index is -0.220. The highest BCUT2D eigenvalue weighted by Gasteiger charge is 2.16. The Hall–Kier alpha value is -2.46. The number of hydrogen-bond donors (Lipinski definition) is 1. The lowest BCUT2D eigenvalue weighted by Gasteiger charge is -2.15. The van der Waals surface area contributed by atoms with Gasteiger partial charge in [-0.1, -0.05) is 92.8 Å². The predicted octanol–water partition coefficient (Wildman–Crippen LogP) is 5.18. The molecule has 4 heteroatoms. The molecule has 0 saturated carbocycles. The fourth-order valence-electron chi connectivity index (χ4n) is 3.38. The third-order valence-corrected chi connectivity index (χ3v) is 4.98. The van der Waals surface area contributed by atoms with Crippen LogP contribution in [0.1, 0.15) is 62.5 Å². The van der Waals surface area contributed by atoms with Gasteiger partial charge >= 0.3 is 5.97 Å². The SMILES string of the molecule is COC(=O)CC(CCCCCCCCO)N=C(c1ccccc1)c1ccccc1. The molecule has 1 N–H and O–H groups in total. The van der Waals surface area contributed by atoms with Gasteiger partial charge in [0.2, 0.25) is 0 Å². The van der Waals surface area contributed by atoms with Crippen molar-refractivity contribution in [3.05, 3.63) is 71.8 Å². The molecule has 29 heavy (non-hydrogen) atoms. The maximum absolute atomic E-state index is 12.0. The Balaban J connectivity index is 2.12. The van der Waals surface area contributed by atoms with Crippen molar-refractivity contribution in [1.29, 1.82) is 0 Å². The first kappa shape index (κ1) is 22.8. The van der Waals surface area contributed by atoms with E-state index in [1.165, 1.54) is 7.11 Å². The molecule has 0 bridgehead atoms. The number of ether oxygens (including phenoxy) is 1. The number of carbonyl (C=O) groups excluding carboxylic acids is 1. The second-order valence-electron chi connectivity index (χ2n) is 7.28. The third kappa shape index (κ3) is 8.61. The average molecular weight is 396 g/mol. The molecule has 0 aromatic heterocycles. The van der Waals surface area contributed by atoms with E-state index in [4.69, 9.17) is 14.8 Å². The molecule has 0 radical (unpaired) electrons. The van der Waals surface area contributed by atoms with E-state index in [1.807, 2.05) is 36.4 Å². The minimum absolute atomic E-state index is 0.102. The van der Waals surface area contributed by atoms with Crippen LogP contribution in [0.4, 0.5) is 0 Å². The third-order valence-electron chi connectivity index (χ3n) is 4.98. The van der Waals surface area contributed by atoms with Crippen LogP contribution in [0.25, 0.3) is 0 Å². The molecule has 0 heterocycles. The number of aliphatic hydroxyl groups excluding tert-OH is 1. The minimum Gasteiger partial charge on any atom is -0.469 e. The second kappa shape index (κ2) is 13.7. The number of methoxy groups -OCH3 is 1. The predicted molar refractivity (Wildman–Crippen MR) is 118 cm³/mol. The molecule has 2 aromatic carbocycles. The van der Waals surface area contributed by atoms with Crippen molar-refractivity contribution in [2.75, 3.05) is 13.7 Å². The highest BCUT2D eigenvalue weighted by atomic mass is 16.5. The lowest BCUT2D eigenvalue weighted by Crippen LogP contribution is -2.17. The number of rotatable bonds is 13. The Morgan fingerprint density at radius 3 is 1.90 bits per heavy atom. The zero-order valence-electron chi connectivity index (χ0n) is 17.4. The van der Waals surface area contributed by atoms with Crippen LogP contribution < -0.4 is 0 Å². The zero-order chi connectivity index (χ0) is 20.7. The summed E-state index contributed by atoms with van der Waals surface area (Å²) in [6.45, 7) is 0.275. The van der Waals surface area contributed by atoms with Gasteiger partial charge in [0.25, 0.3) is 0 Å². The van der Waals surface area contributed by atoms with E-state index in [0.29, 0.717) is 6.42 Å². The van der Waals surface area contributed by atoms with E-state index in [9.17, 15) is 4.79 Å². The molecule has 1 unspecified atom stereocenters. The van der Waals surface area contributed by atoms with Gasteiger partial charge in [-0.3, -0.25) is 9.79 Å². The van der Waals surface area contributed by atoms with E-state index >= 15 is 0 Å². The van der Waals surface area contributed by atoms with Crippen molar-refractivity contribution >= 4 is 11.7 Å². The number of aliphatic hydroxyl groups is 1. The molecule has 2 aromatic rings. The Kier molecular flexibility index (Phi) is 10.8. The van der Waals surface area contributed by atoms with Crippen molar-refractivity contribution in [3.63, 3.8) is 0 Å². The number of hydrogen-bond acceptors (Lipinski definition) is 4. The first-order chi connectivity index (χ1) is 14.2. The summed E-state index contributed by atoms with van der Waals surface area (Å²) in [6, 6.07) is 20.2. The fourth-order valence-corrected chi connectivity index (χ4v) is 3.38. The summed E-state index contributed by atoms with van der Waals surface area (Å²) in [5.74, 6) is -0.220. The van der Waals surface area contributed by atoms with Gasteiger partial charge < -0.3 is 9.84 Å². The molecule has 0 aliphatic heterocycles. The summed E-state index contributed by atoms with van der Waals surface area (Å²) in [7, 11) is 1.43. The largest absolute Gasteiger partial charge is 0.469 e. The van der Waals surface area contributed by atoms with Crippen LogP contribution in [-0.4, -0.2) is 36.5 Å². The van der Waals surface area contributed by atoms with E-state index in [2.05, 4.69) is 24.3 Å². The molecular formula is C25H33NO3. The van der Waals surface area contributed by atoms with Gasteiger partial charge in [0, 0.05) is 17.7 Å². The van der Waals surface area contributed by atoms with E-state index < -0.39 is 0 Å². The lowest BCUT2D eigenvalue weighted by atomic mass is 10.00. The molecule has 1 atom stereocenters. The van der Waals surface area contributed by atoms with E-state index in [1.54, 1.807) is 0 Å². The summed E-state index contributed by atoms with van der Waals surface area (Å²) in [6.07, 6.45) is 7.55. The molecule has 0 aliphatic carbocycles. The molecule has 2 rings (SSSR count). The molecule has 0 spiro atoms. The number of benzene rings is 2. The van der Waals surface area contributed by atoms with Crippen LogP contribution in [0, 0.1) is 0 Å². The number of carbonyl (C=O) groups is 1. The van der Waals surface area contributed by atoms with Gasteiger partial charge in [-0.2, -0.15) is 0 Å². The zero-order valence-corrected chi connectivity index (χ0v) is 17.4. The van der Waals surface area contributed by atoms with Crippen LogP contribution in [-0.2, 0) is 9.53 Å². The van der Waals surface area contributed by atoms with Crippen LogP contribution >= 0.6 is 0 Å². The fraction of sp³-hybridized carbons (Fsp3) is 0.440. The standard InChI is InChI=1S/C25H33NO3/c1-29-24(28)20-23(18-12-4-2-3-5-13-19-27)26-25(21-14-8-6-9-15-21)22-16-10-7-11-17-22/h6-11,14-17,23,27H,2-5,12-13,18-20H2,1H3. The van der Waals surface area contributed by atoms with Crippen molar-refractivity contribution in [3.8, 4) is 0 Å². The van der Waals surface area contributed by atoms with Crippen molar-refractivity contribution in [1.82, 2.24) is 0 Å². The van der Waals surface area contributed by atoms with Crippen LogP contribution in [0.3, 0.4) is 0 Å². The average Bonchev–Trinajstić information content (AvgIpc) is 2.77. The molecule has 0 saturated heterocycles. The molecule has 4 nitrogen and oxygen atoms in total. The highest BCUT2D eigenvalue weighted by Crippen LogP contribution is 2.18. The number of unbranched alkanes of at least 4 members (excludes halogenated alkanes) is 5. The van der Waals surface area contributed by atoms with Gasteiger partial charge in [0.15, 0.2) is 0 Å². The van der Waals surface area contributed by atoms with E-state index in [0.717, 1.165) is 61.8 Å². The summed E-state index contributed by atoms with van der Waals surface area (Å²) >= 11 is 0. The molecule has 156 valence electrons. The van der Waals surface area contributed by atoms with Crippen molar-refractivity contribution in [2.24, 2.45) is 4.99 Å². The number of aliphatic imine (C=N–C) groups is 1. The monoisotopic (exact) mass is 395 g/mol. The van der Waals surface area contributed by atoms with Crippen LogP contribution in [0.5, 0.6) is 0 Å². The summed E-state index contributed by atoms with van der Waals surface area (Å²) in [5.41, 5.74) is 3.03. The first-order valence-corrected chi connectivity index (χ1v) is 10.6.